The Labute approximate surface area is 97.2 Å². The number of rotatable bonds is 3. The van der Waals surface area contributed by atoms with E-state index in [9.17, 15) is 8.42 Å². The number of hydrogen-bond acceptors (Lipinski definition) is 4. The lowest BCUT2D eigenvalue weighted by Gasteiger charge is -2.11. The Kier molecular flexibility index (Phi) is 3.88. The van der Waals surface area contributed by atoms with Crippen LogP contribution in [0.15, 0.2) is 27.6 Å². The number of aliphatic hydroxyl groups is 1. The SMILES string of the molecule is CS(=O)(=O)c1ccc(C(N)CO)c(Br)c1. The summed E-state index contributed by atoms with van der Waals surface area (Å²) in [5, 5.41) is 8.88. The molecule has 15 heavy (non-hydrogen) atoms. The molecule has 0 fully saturated rings. The average molecular weight is 294 g/mol. The molecule has 0 aliphatic heterocycles. The zero-order valence-electron chi connectivity index (χ0n) is 8.14. The fourth-order valence-corrected chi connectivity index (χ4v) is 2.61. The largest absolute Gasteiger partial charge is 0.394 e. The first-order valence-electron chi connectivity index (χ1n) is 4.22. The highest BCUT2D eigenvalue weighted by atomic mass is 79.9. The van der Waals surface area contributed by atoms with E-state index >= 15 is 0 Å². The molecule has 1 atom stereocenters. The minimum Gasteiger partial charge on any atom is -0.394 e. The lowest BCUT2D eigenvalue weighted by atomic mass is 10.1. The highest BCUT2D eigenvalue weighted by Crippen LogP contribution is 2.25. The van der Waals surface area contributed by atoms with Gasteiger partial charge in [-0.15, -0.1) is 0 Å². The van der Waals surface area contributed by atoms with Gasteiger partial charge in [0.1, 0.15) is 0 Å². The van der Waals surface area contributed by atoms with Crippen LogP contribution in [0.2, 0.25) is 0 Å². The smallest absolute Gasteiger partial charge is 0.175 e. The van der Waals surface area contributed by atoms with Crippen LogP contribution < -0.4 is 5.73 Å². The molecule has 0 radical (unpaired) electrons. The van der Waals surface area contributed by atoms with E-state index in [0.29, 0.717) is 10.0 Å². The van der Waals surface area contributed by atoms with Crippen molar-refractivity contribution >= 4 is 25.8 Å². The molecule has 0 heterocycles. The Bertz CT molecular complexity index is 458. The molecule has 0 aromatic heterocycles. The van der Waals surface area contributed by atoms with Crippen LogP contribution in [-0.4, -0.2) is 26.4 Å². The van der Waals surface area contributed by atoms with Crippen molar-refractivity contribution in [3.8, 4) is 0 Å². The average Bonchev–Trinajstić information content (AvgIpc) is 2.15. The van der Waals surface area contributed by atoms with Crippen molar-refractivity contribution in [1.29, 1.82) is 0 Å². The Morgan fingerprint density at radius 3 is 2.53 bits per heavy atom. The van der Waals surface area contributed by atoms with E-state index in [0.717, 1.165) is 6.26 Å². The molecule has 3 N–H and O–H groups in total. The molecule has 1 unspecified atom stereocenters. The third-order valence-electron chi connectivity index (χ3n) is 2.00. The van der Waals surface area contributed by atoms with E-state index in [2.05, 4.69) is 15.9 Å². The monoisotopic (exact) mass is 293 g/mol. The number of benzene rings is 1. The predicted molar refractivity (Wildman–Crippen MR) is 61.3 cm³/mol. The fraction of sp³-hybridized carbons (Fsp3) is 0.333. The lowest BCUT2D eigenvalue weighted by molar-refractivity contribution is 0.267. The quantitative estimate of drug-likeness (QED) is 0.866. The molecule has 0 amide bonds. The number of nitrogens with two attached hydrogens (primary N) is 1. The van der Waals surface area contributed by atoms with Gasteiger partial charge in [-0.3, -0.25) is 0 Å². The van der Waals surface area contributed by atoms with E-state index < -0.39 is 15.9 Å². The highest BCUT2D eigenvalue weighted by Gasteiger charge is 2.13. The van der Waals surface area contributed by atoms with Gasteiger partial charge in [0.2, 0.25) is 0 Å². The zero-order chi connectivity index (χ0) is 11.6. The summed E-state index contributed by atoms with van der Waals surface area (Å²) in [5.74, 6) is 0. The normalized spacial score (nSPS) is 13.9. The summed E-state index contributed by atoms with van der Waals surface area (Å²) in [6, 6.07) is 4.06. The summed E-state index contributed by atoms with van der Waals surface area (Å²) >= 11 is 3.23. The van der Waals surface area contributed by atoms with Crippen molar-refractivity contribution < 1.29 is 13.5 Å². The van der Waals surface area contributed by atoms with Crippen molar-refractivity contribution in [3.05, 3.63) is 28.2 Å². The zero-order valence-corrected chi connectivity index (χ0v) is 10.5. The molecule has 1 rings (SSSR count). The van der Waals surface area contributed by atoms with Crippen LogP contribution in [0, 0.1) is 0 Å². The minimum absolute atomic E-state index is 0.184. The van der Waals surface area contributed by atoms with Gasteiger partial charge in [0.05, 0.1) is 17.5 Å². The molecular formula is C9H12BrNO3S. The van der Waals surface area contributed by atoms with Gasteiger partial charge in [-0.2, -0.15) is 0 Å². The van der Waals surface area contributed by atoms with Crippen molar-refractivity contribution in [2.24, 2.45) is 5.73 Å². The maximum Gasteiger partial charge on any atom is 0.175 e. The van der Waals surface area contributed by atoms with Gasteiger partial charge in [-0.1, -0.05) is 22.0 Å². The Morgan fingerprint density at radius 2 is 2.13 bits per heavy atom. The minimum atomic E-state index is -3.21. The van der Waals surface area contributed by atoms with Crippen LogP contribution in [0.4, 0.5) is 0 Å². The van der Waals surface area contributed by atoms with Gasteiger partial charge in [0.15, 0.2) is 9.84 Å². The van der Waals surface area contributed by atoms with Gasteiger partial charge >= 0.3 is 0 Å². The second-order valence-corrected chi connectivity index (χ2v) is 6.11. The number of sulfone groups is 1. The Morgan fingerprint density at radius 1 is 1.53 bits per heavy atom. The molecule has 1 aromatic rings. The van der Waals surface area contributed by atoms with Crippen LogP contribution in [-0.2, 0) is 9.84 Å². The summed E-state index contributed by atoms with van der Waals surface area (Å²) in [5.41, 5.74) is 6.31. The summed E-state index contributed by atoms with van der Waals surface area (Å²) in [4.78, 5) is 0.225. The molecule has 0 aliphatic carbocycles. The molecule has 6 heteroatoms. The second kappa shape index (κ2) is 4.61. The molecule has 0 saturated carbocycles. The topological polar surface area (TPSA) is 80.4 Å². The van der Waals surface area contributed by atoms with Crippen molar-refractivity contribution in [2.45, 2.75) is 10.9 Å². The van der Waals surface area contributed by atoms with E-state index in [1.54, 1.807) is 6.07 Å². The first-order chi connectivity index (χ1) is 6.86. The first-order valence-corrected chi connectivity index (χ1v) is 6.90. The maximum absolute atomic E-state index is 11.2. The summed E-state index contributed by atoms with van der Waals surface area (Å²) in [6.07, 6.45) is 1.14. The van der Waals surface area contributed by atoms with E-state index in [1.165, 1.54) is 12.1 Å². The van der Waals surface area contributed by atoms with Gasteiger partial charge in [-0.25, -0.2) is 8.42 Å². The van der Waals surface area contributed by atoms with Crippen LogP contribution in [0.25, 0.3) is 0 Å². The molecule has 1 aromatic carbocycles. The number of halogens is 1. The molecule has 0 spiro atoms. The van der Waals surface area contributed by atoms with Crippen molar-refractivity contribution in [1.82, 2.24) is 0 Å². The third-order valence-corrected chi connectivity index (χ3v) is 3.79. The van der Waals surface area contributed by atoms with Crippen LogP contribution in [0.3, 0.4) is 0 Å². The van der Waals surface area contributed by atoms with Crippen LogP contribution in [0.5, 0.6) is 0 Å². The molecule has 84 valence electrons. The van der Waals surface area contributed by atoms with Gasteiger partial charge in [-0.05, 0) is 17.7 Å². The molecule has 0 bridgehead atoms. The van der Waals surface area contributed by atoms with Crippen LogP contribution >= 0.6 is 15.9 Å². The third kappa shape index (κ3) is 3.01. The number of hydrogen-bond donors (Lipinski definition) is 2. The van der Waals surface area contributed by atoms with Crippen molar-refractivity contribution in [3.63, 3.8) is 0 Å². The highest BCUT2D eigenvalue weighted by molar-refractivity contribution is 9.10. The second-order valence-electron chi connectivity index (χ2n) is 3.24. The van der Waals surface area contributed by atoms with Crippen molar-refractivity contribution in [2.75, 3.05) is 12.9 Å². The predicted octanol–water partition coefficient (Wildman–Crippen LogP) is 0.845. The standard InChI is InChI=1S/C9H12BrNO3S/c1-15(13,14)6-2-3-7(8(10)4-6)9(11)5-12/h2-4,9,12H,5,11H2,1H3. The van der Waals surface area contributed by atoms with E-state index in [-0.39, 0.29) is 11.5 Å². The summed E-state index contributed by atoms with van der Waals surface area (Å²) < 4.78 is 23.1. The van der Waals surface area contributed by atoms with Gasteiger partial charge in [0, 0.05) is 10.7 Å². The Hall–Kier alpha value is -0.430. The molecule has 4 nitrogen and oxygen atoms in total. The van der Waals surface area contributed by atoms with Crippen LogP contribution in [0.1, 0.15) is 11.6 Å². The maximum atomic E-state index is 11.2. The lowest BCUT2D eigenvalue weighted by Crippen LogP contribution is -2.15. The molecule has 0 aliphatic rings. The first kappa shape index (κ1) is 12.6. The Balaban J connectivity index is 3.20. The van der Waals surface area contributed by atoms with Gasteiger partial charge < -0.3 is 10.8 Å². The number of aliphatic hydroxyl groups excluding tert-OH is 1. The summed E-state index contributed by atoms with van der Waals surface area (Å²) in [6.45, 7) is -0.184. The fourth-order valence-electron chi connectivity index (χ4n) is 1.14. The molecular weight excluding hydrogens is 282 g/mol. The van der Waals surface area contributed by atoms with Gasteiger partial charge in [0.25, 0.3) is 0 Å². The van der Waals surface area contributed by atoms with E-state index in [4.69, 9.17) is 10.8 Å². The van der Waals surface area contributed by atoms with E-state index in [1.807, 2.05) is 0 Å². The summed E-state index contributed by atoms with van der Waals surface area (Å²) in [7, 11) is -3.21. The molecule has 0 saturated heterocycles.